The molecule has 21 heavy (non-hydrogen) atoms. The quantitative estimate of drug-likeness (QED) is 0.854. The zero-order valence-corrected chi connectivity index (χ0v) is 12.1. The molecule has 0 radical (unpaired) electrons. The van der Waals surface area contributed by atoms with E-state index in [-0.39, 0.29) is 28.2 Å². The molecule has 0 unspecified atom stereocenters. The highest BCUT2D eigenvalue weighted by Crippen LogP contribution is 2.41. The second-order valence-electron chi connectivity index (χ2n) is 4.59. The number of phenols is 1. The first-order valence-corrected chi connectivity index (χ1v) is 6.14. The van der Waals surface area contributed by atoms with Gasteiger partial charge in [-0.15, -0.1) is 0 Å². The number of aromatic hydroxyl groups is 1. The van der Waals surface area contributed by atoms with Gasteiger partial charge in [-0.05, 0) is 13.8 Å². The summed E-state index contributed by atoms with van der Waals surface area (Å²) in [6.45, 7) is 2.80. The minimum Gasteiger partial charge on any atom is -0.506 e. The molecule has 1 aromatic rings. The number of hydrogen-bond acceptors (Lipinski definition) is 6. The number of benzene rings is 1. The molecule has 0 spiro atoms. The molecule has 1 aliphatic rings. The van der Waals surface area contributed by atoms with Crippen molar-refractivity contribution in [3.63, 3.8) is 0 Å². The predicted molar refractivity (Wildman–Crippen MR) is 73.2 cm³/mol. The Morgan fingerprint density at radius 1 is 1.14 bits per heavy atom. The molecule has 6 heteroatoms. The van der Waals surface area contributed by atoms with Crippen molar-refractivity contribution in [3.8, 4) is 11.5 Å². The summed E-state index contributed by atoms with van der Waals surface area (Å²) in [6, 6.07) is 0. The normalized spacial score (nSPS) is 13.6. The van der Waals surface area contributed by atoms with Crippen LogP contribution >= 0.6 is 0 Å². The minimum atomic E-state index is -0.662. The zero-order valence-electron chi connectivity index (χ0n) is 12.1. The molecule has 0 aliphatic heterocycles. The van der Waals surface area contributed by atoms with E-state index in [9.17, 15) is 19.5 Å². The average molecular weight is 290 g/mol. The molecule has 0 heterocycles. The van der Waals surface area contributed by atoms with Crippen LogP contribution in [0.15, 0.2) is 11.8 Å². The second-order valence-corrected chi connectivity index (χ2v) is 4.59. The Hall–Kier alpha value is -2.63. The van der Waals surface area contributed by atoms with Crippen LogP contribution in [0.5, 0.6) is 11.5 Å². The van der Waals surface area contributed by atoms with Crippen molar-refractivity contribution in [2.24, 2.45) is 0 Å². The monoisotopic (exact) mass is 290 g/mol. The molecule has 0 saturated carbocycles. The number of allylic oxidation sites excluding steroid dienone is 2. The lowest BCUT2D eigenvalue weighted by atomic mass is 9.86. The number of fused-ring (bicyclic) bond motifs is 1. The van der Waals surface area contributed by atoms with E-state index in [1.54, 1.807) is 6.92 Å². The topological polar surface area (TPSA) is 89.9 Å². The van der Waals surface area contributed by atoms with Crippen LogP contribution in [0, 0.1) is 6.92 Å². The third-order valence-electron chi connectivity index (χ3n) is 3.40. The Kier molecular flexibility index (Phi) is 3.55. The Morgan fingerprint density at radius 2 is 1.76 bits per heavy atom. The number of hydrogen-bond donors (Lipinski definition) is 1. The van der Waals surface area contributed by atoms with Gasteiger partial charge in [0.15, 0.2) is 17.3 Å². The van der Waals surface area contributed by atoms with Crippen molar-refractivity contribution in [2.75, 3.05) is 14.2 Å². The summed E-state index contributed by atoms with van der Waals surface area (Å²) in [5, 5.41) is 10.3. The van der Waals surface area contributed by atoms with Gasteiger partial charge in [-0.25, -0.2) is 0 Å². The number of ketones is 3. The first-order chi connectivity index (χ1) is 9.84. The van der Waals surface area contributed by atoms with Crippen LogP contribution in [0.2, 0.25) is 0 Å². The molecule has 1 N–H and O–H groups in total. The van der Waals surface area contributed by atoms with Crippen LogP contribution in [0.3, 0.4) is 0 Å². The van der Waals surface area contributed by atoms with Gasteiger partial charge in [0, 0.05) is 11.6 Å². The molecule has 0 atom stereocenters. The second kappa shape index (κ2) is 5.05. The van der Waals surface area contributed by atoms with Gasteiger partial charge in [0.25, 0.3) is 0 Å². The highest BCUT2D eigenvalue weighted by Gasteiger charge is 2.36. The van der Waals surface area contributed by atoms with E-state index in [2.05, 4.69) is 0 Å². The lowest BCUT2D eigenvalue weighted by Gasteiger charge is -2.21. The Bertz CT molecular complexity index is 712. The number of ether oxygens (including phenoxy) is 2. The number of methoxy groups -OCH3 is 2. The summed E-state index contributed by atoms with van der Waals surface area (Å²) in [5.41, 5.74) is -0.0314. The van der Waals surface area contributed by atoms with Crippen LogP contribution in [0.25, 0.3) is 0 Å². The fourth-order valence-corrected chi connectivity index (χ4v) is 2.51. The Labute approximate surface area is 121 Å². The smallest absolute Gasteiger partial charge is 0.232 e. The van der Waals surface area contributed by atoms with Crippen LogP contribution < -0.4 is 4.74 Å². The molecule has 0 aromatic heterocycles. The van der Waals surface area contributed by atoms with E-state index in [0.717, 1.165) is 6.08 Å². The third-order valence-corrected chi connectivity index (χ3v) is 3.40. The fraction of sp³-hybridized carbons (Fsp3) is 0.267. The molecule has 0 saturated heterocycles. The van der Waals surface area contributed by atoms with Crippen molar-refractivity contribution in [1.82, 2.24) is 0 Å². The maximum Gasteiger partial charge on any atom is 0.232 e. The highest BCUT2D eigenvalue weighted by atomic mass is 16.5. The Morgan fingerprint density at radius 3 is 2.24 bits per heavy atom. The molecule has 0 amide bonds. The van der Waals surface area contributed by atoms with Crippen LogP contribution in [-0.2, 0) is 4.74 Å². The van der Waals surface area contributed by atoms with Gasteiger partial charge in [-0.1, -0.05) is 0 Å². The zero-order chi connectivity index (χ0) is 15.9. The number of Topliss-reactive ketones (excluding diaryl/α,β-unsaturated/α-hetero) is 2. The lowest BCUT2D eigenvalue weighted by molar-refractivity contribution is 0.0911. The third kappa shape index (κ3) is 1.99. The number of phenolic OH excluding ortho intramolecular Hbond substituents is 1. The molecule has 2 rings (SSSR count). The number of carbonyl (C=O) groups excluding carboxylic acids is 3. The molecule has 1 aromatic carbocycles. The van der Waals surface area contributed by atoms with Crippen LogP contribution in [0.4, 0.5) is 0 Å². The number of rotatable bonds is 3. The van der Waals surface area contributed by atoms with Crippen LogP contribution in [-0.4, -0.2) is 36.7 Å². The number of carbonyl (C=O) groups is 3. The maximum absolute atomic E-state index is 12.3. The van der Waals surface area contributed by atoms with E-state index >= 15 is 0 Å². The van der Waals surface area contributed by atoms with Crippen molar-refractivity contribution in [2.45, 2.75) is 13.8 Å². The van der Waals surface area contributed by atoms with Gasteiger partial charge in [0.1, 0.15) is 11.5 Å². The summed E-state index contributed by atoms with van der Waals surface area (Å²) in [6.07, 6.45) is 1.04. The summed E-state index contributed by atoms with van der Waals surface area (Å²) >= 11 is 0. The van der Waals surface area contributed by atoms with E-state index in [1.807, 2.05) is 0 Å². The lowest BCUT2D eigenvalue weighted by Crippen LogP contribution is -2.21. The standard InChI is InChI=1S/C15H14O6/c1-6-10(7(2)16)14(19)12-11(15(6)21-4)8(17)5-9(20-3)13(12)18/h5,19H,1-4H3. The van der Waals surface area contributed by atoms with Gasteiger partial charge in [-0.3, -0.25) is 14.4 Å². The first-order valence-electron chi connectivity index (χ1n) is 6.14. The van der Waals surface area contributed by atoms with Gasteiger partial charge in [0.2, 0.25) is 5.78 Å². The van der Waals surface area contributed by atoms with E-state index in [4.69, 9.17) is 9.47 Å². The predicted octanol–water partition coefficient (Wildman–Crippen LogP) is 1.82. The minimum absolute atomic E-state index is 0.0379. The van der Waals surface area contributed by atoms with Gasteiger partial charge in [0.05, 0.1) is 30.9 Å². The van der Waals surface area contributed by atoms with Gasteiger partial charge >= 0.3 is 0 Å². The van der Waals surface area contributed by atoms with Crippen molar-refractivity contribution in [1.29, 1.82) is 0 Å². The van der Waals surface area contributed by atoms with Gasteiger partial charge in [-0.2, -0.15) is 0 Å². The summed E-state index contributed by atoms with van der Waals surface area (Å²) in [5.74, 6) is -2.21. The molecular weight excluding hydrogens is 276 g/mol. The molecule has 0 fully saturated rings. The molecule has 0 bridgehead atoms. The maximum atomic E-state index is 12.3. The first kappa shape index (κ1) is 14.8. The van der Waals surface area contributed by atoms with Crippen molar-refractivity contribution in [3.05, 3.63) is 34.1 Å². The van der Waals surface area contributed by atoms with Gasteiger partial charge < -0.3 is 14.6 Å². The van der Waals surface area contributed by atoms with Crippen molar-refractivity contribution < 1.29 is 29.0 Å². The van der Waals surface area contributed by atoms with E-state index in [0.29, 0.717) is 5.56 Å². The molecule has 6 nitrogen and oxygen atoms in total. The summed E-state index contributed by atoms with van der Waals surface area (Å²) < 4.78 is 10.0. The highest BCUT2D eigenvalue weighted by molar-refractivity contribution is 6.27. The largest absolute Gasteiger partial charge is 0.506 e. The molecule has 110 valence electrons. The molecular formula is C15H14O6. The van der Waals surface area contributed by atoms with E-state index < -0.39 is 23.1 Å². The van der Waals surface area contributed by atoms with Crippen LogP contribution in [0.1, 0.15) is 43.6 Å². The summed E-state index contributed by atoms with van der Waals surface area (Å²) in [7, 11) is 2.58. The average Bonchev–Trinajstić information content (AvgIpc) is 2.42. The molecule has 1 aliphatic carbocycles. The summed E-state index contributed by atoms with van der Waals surface area (Å²) in [4.78, 5) is 36.2. The SMILES string of the molecule is COC1=CC(=O)c2c(OC)c(C)c(C(C)=O)c(O)c2C1=O. The van der Waals surface area contributed by atoms with Crippen molar-refractivity contribution >= 4 is 17.3 Å². The van der Waals surface area contributed by atoms with E-state index in [1.165, 1.54) is 21.1 Å². The fourth-order valence-electron chi connectivity index (χ4n) is 2.51. The Balaban J connectivity index is 2.94.